The number of morpholine rings is 1. The van der Waals surface area contributed by atoms with Crippen molar-refractivity contribution in [2.45, 2.75) is 6.92 Å². The molecule has 2 aromatic rings. The second-order valence-corrected chi connectivity index (χ2v) is 5.69. The molecular weight excluding hydrogens is 394 g/mol. The second kappa shape index (κ2) is 14.9. The standard InChI is InChI=1S/C17H4.C11H13N3O/c1-3-5-7-9-11-13-15-17-16-14-12-10-8-6-4-2;1-2-9-11(13-8-12-9)10(3-1)14-4-6-15-7-5-14/h1H,2H3;1-3,8H,4-7H2,(H,12,13). The number of anilines is 1. The Bertz CT molecular complexity index is 1420. The summed E-state index contributed by atoms with van der Waals surface area (Å²) in [6.07, 6.45) is 6.63. The number of aromatic amines is 1. The van der Waals surface area contributed by atoms with Crippen molar-refractivity contribution < 1.29 is 4.74 Å². The molecule has 1 aromatic carbocycles. The first-order valence-electron chi connectivity index (χ1n) is 9.49. The number of nitrogens with one attached hydrogen (secondary N) is 1. The molecule has 3 rings (SSSR count). The molecule has 0 amide bonds. The summed E-state index contributed by atoms with van der Waals surface area (Å²) in [6.45, 7) is 5.21. The SMILES string of the molecule is C#CC#CC#CC#CC#CC#CC#CC#CC.c1cc(N2CCOCC2)c2nc[nH]c2c1. The molecule has 0 unspecified atom stereocenters. The molecule has 0 spiro atoms. The van der Waals surface area contributed by atoms with E-state index in [9.17, 15) is 0 Å². The van der Waals surface area contributed by atoms with Crippen molar-refractivity contribution in [2.24, 2.45) is 0 Å². The van der Waals surface area contributed by atoms with Crippen molar-refractivity contribution in [2.75, 3.05) is 31.2 Å². The topological polar surface area (TPSA) is 41.1 Å². The number of hydrogen-bond acceptors (Lipinski definition) is 3. The summed E-state index contributed by atoms with van der Waals surface area (Å²) < 4.78 is 5.34. The minimum absolute atomic E-state index is 0.806. The molecule has 0 saturated carbocycles. The lowest BCUT2D eigenvalue weighted by Crippen LogP contribution is -2.36. The summed E-state index contributed by atoms with van der Waals surface area (Å²) in [4.78, 5) is 9.81. The summed E-state index contributed by atoms with van der Waals surface area (Å²) in [7, 11) is 0. The van der Waals surface area contributed by atoms with E-state index in [1.165, 1.54) is 5.69 Å². The van der Waals surface area contributed by atoms with Gasteiger partial charge in [-0.15, -0.1) is 6.42 Å². The average Bonchev–Trinajstić information content (AvgIpc) is 3.32. The molecule has 32 heavy (non-hydrogen) atoms. The van der Waals surface area contributed by atoms with E-state index >= 15 is 0 Å². The highest BCUT2D eigenvalue weighted by Gasteiger charge is 2.14. The van der Waals surface area contributed by atoms with E-state index in [4.69, 9.17) is 11.2 Å². The summed E-state index contributed by atoms with van der Waals surface area (Å²) in [5, 5.41) is 0. The van der Waals surface area contributed by atoms with Crippen molar-refractivity contribution >= 4 is 16.7 Å². The van der Waals surface area contributed by atoms with Gasteiger partial charge in [0.15, 0.2) is 0 Å². The predicted molar refractivity (Wildman–Crippen MR) is 128 cm³/mol. The number of terminal acetylenes is 1. The van der Waals surface area contributed by atoms with Crippen molar-refractivity contribution in [3.05, 3.63) is 24.5 Å². The third-order valence-electron chi connectivity index (χ3n) is 3.73. The molecule has 1 saturated heterocycles. The molecule has 1 aromatic heterocycles. The fourth-order valence-corrected chi connectivity index (χ4v) is 2.45. The summed E-state index contributed by atoms with van der Waals surface area (Å²) in [5.74, 6) is 36.9. The van der Waals surface area contributed by atoms with Crippen molar-refractivity contribution in [3.63, 3.8) is 0 Å². The lowest BCUT2D eigenvalue weighted by molar-refractivity contribution is 0.123. The fourth-order valence-electron chi connectivity index (χ4n) is 2.45. The molecule has 4 nitrogen and oxygen atoms in total. The summed E-state index contributed by atoms with van der Waals surface area (Å²) >= 11 is 0. The molecule has 0 bridgehead atoms. The van der Waals surface area contributed by atoms with Crippen LogP contribution in [0.5, 0.6) is 0 Å². The number of fused-ring (bicyclic) bond motifs is 1. The minimum Gasteiger partial charge on any atom is -0.378 e. The quantitative estimate of drug-likeness (QED) is 0.731. The molecule has 1 fully saturated rings. The number of ether oxygens (including phenoxy) is 1. The van der Waals surface area contributed by atoms with Crippen molar-refractivity contribution in [1.29, 1.82) is 0 Å². The van der Waals surface area contributed by atoms with Gasteiger partial charge < -0.3 is 14.6 Å². The highest BCUT2D eigenvalue weighted by atomic mass is 16.5. The molecule has 1 aliphatic rings. The van der Waals surface area contributed by atoms with Gasteiger partial charge in [-0.3, -0.25) is 0 Å². The highest BCUT2D eigenvalue weighted by molar-refractivity contribution is 5.88. The Morgan fingerprint density at radius 3 is 1.97 bits per heavy atom. The second-order valence-electron chi connectivity index (χ2n) is 5.69. The van der Waals surface area contributed by atoms with Crippen LogP contribution in [0.3, 0.4) is 0 Å². The number of imidazole rings is 1. The Hall–Kier alpha value is -5.07. The minimum atomic E-state index is 0.806. The molecule has 150 valence electrons. The third kappa shape index (κ3) is 8.52. The first-order chi connectivity index (χ1) is 15.9. The van der Waals surface area contributed by atoms with Crippen LogP contribution >= 0.6 is 0 Å². The van der Waals surface area contributed by atoms with Crippen LogP contribution < -0.4 is 4.90 Å². The number of hydrogen-bond donors (Lipinski definition) is 1. The smallest absolute Gasteiger partial charge is 0.112 e. The van der Waals surface area contributed by atoms with Gasteiger partial charge in [-0.1, -0.05) is 12.0 Å². The number of H-pyrrole nitrogens is 1. The average molecular weight is 411 g/mol. The Morgan fingerprint density at radius 2 is 1.41 bits per heavy atom. The van der Waals surface area contributed by atoms with Crippen molar-refractivity contribution in [3.8, 4) is 95.2 Å². The number of para-hydroxylation sites is 1. The molecule has 4 heteroatoms. The maximum atomic E-state index is 5.34. The van der Waals surface area contributed by atoms with E-state index in [0.29, 0.717) is 0 Å². The zero-order valence-corrected chi connectivity index (χ0v) is 17.5. The van der Waals surface area contributed by atoms with Gasteiger partial charge in [0.05, 0.1) is 30.7 Å². The summed E-state index contributed by atoms with van der Waals surface area (Å²) in [6, 6.07) is 6.23. The monoisotopic (exact) mass is 411 g/mol. The van der Waals surface area contributed by atoms with E-state index in [1.807, 2.05) is 6.07 Å². The number of rotatable bonds is 1. The van der Waals surface area contributed by atoms with Gasteiger partial charge >= 0.3 is 0 Å². The van der Waals surface area contributed by atoms with Crippen LogP contribution in [0.4, 0.5) is 5.69 Å². The first-order valence-corrected chi connectivity index (χ1v) is 9.49. The van der Waals surface area contributed by atoms with Crippen LogP contribution in [-0.4, -0.2) is 36.3 Å². The van der Waals surface area contributed by atoms with Crippen LogP contribution in [0.25, 0.3) is 11.0 Å². The molecule has 0 radical (unpaired) electrons. The number of benzene rings is 1. The van der Waals surface area contributed by atoms with Crippen LogP contribution in [-0.2, 0) is 4.74 Å². The molecule has 1 aliphatic heterocycles. The number of aromatic nitrogens is 2. The lowest BCUT2D eigenvalue weighted by Gasteiger charge is -2.28. The van der Waals surface area contributed by atoms with Gasteiger partial charge in [0.2, 0.25) is 0 Å². The van der Waals surface area contributed by atoms with Gasteiger partial charge in [-0.2, -0.15) is 0 Å². The van der Waals surface area contributed by atoms with E-state index in [2.05, 4.69) is 116 Å². The number of nitrogens with zero attached hydrogens (tertiary/aromatic N) is 2. The molecule has 1 N–H and O–H groups in total. The van der Waals surface area contributed by atoms with E-state index in [-0.39, 0.29) is 0 Å². The predicted octanol–water partition coefficient (Wildman–Crippen LogP) is 2.06. The van der Waals surface area contributed by atoms with Gasteiger partial charge in [0.25, 0.3) is 0 Å². The highest BCUT2D eigenvalue weighted by Crippen LogP contribution is 2.24. The van der Waals surface area contributed by atoms with E-state index in [1.54, 1.807) is 13.3 Å². The Kier molecular flexibility index (Phi) is 10.8. The van der Waals surface area contributed by atoms with Crippen LogP contribution in [0.1, 0.15) is 6.92 Å². The van der Waals surface area contributed by atoms with Crippen LogP contribution in [0, 0.1) is 95.2 Å². The van der Waals surface area contributed by atoms with E-state index in [0.717, 1.165) is 37.3 Å². The largest absolute Gasteiger partial charge is 0.378 e. The zero-order valence-electron chi connectivity index (χ0n) is 17.5. The molecule has 0 aliphatic carbocycles. The normalized spacial score (nSPS) is 10.1. The Morgan fingerprint density at radius 1 is 0.844 bits per heavy atom. The molecule has 2 heterocycles. The maximum Gasteiger partial charge on any atom is 0.112 e. The Balaban J connectivity index is 0.000000227. The lowest BCUT2D eigenvalue weighted by atomic mass is 10.2. The zero-order chi connectivity index (χ0) is 22.7. The molecular formula is C28H17N3O. The van der Waals surface area contributed by atoms with Gasteiger partial charge in [-0.05, 0) is 102 Å². The summed E-state index contributed by atoms with van der Waals surface area (Å²) in [5.41, 5.74) is 3.36. The van der Waals surface area contributed by atoms with Crippen LogP contribution in [0.2, 0.25) is 0 Å². The van der Waals surface area contributed by atoms with Crippen molar-refractivity contribution in [1.82, 2.24) is 9.97 Å². The van der Waals surface area contributed by atoms with Gasteiger partial charge in [-0.25, -0.2) is 4.98 Å². The van der Waals surface area contributed by atoms with Crippen LogP contribution in [0.15, 0.2) is 24.5 Å². The van der Waals surface area contributed by atoms with E-state index < -0.39 is 0 Å². The molecule has 0 atom stereocenters. The fraction of sp³-hybridized carbons (Fsp3) is 0.179. The Labute approximate surface area is 189 Å². The first kappa shape index (κ1) is 23.2. The van der Waals surface area contributed by atoms with Gasteiger partial charge in [0.1, 0.15) is 5.52 Å². The van der Waals surface area contributed by atoms with Gasteiger partial charge in [0, 0.05) is 13.1 Å². The third-order valence-corrected chi connectivity index (χ3v) is 3.73. The maximum absolute atomic E-state index is 5.34.